The highest BCUT2D eigenvalue weighted by Crippen LogP contribution is 2.38. The standard InChI is InChI=1S/C20H25Cl2NO.ClH/c1-4-23(5-2)14-15(3)20(24,16-6-10-18(21)11-7-16)17-8-12-19(22)13-9-17;/h6-13,15,24H,4-5,14H2,1-3H3;1H. The second kappa shape index (κ2) is 9.80. The number of rotatable bonds is 7. The van der Waals surface area contributed by atoms with Crippen LogP contribution in [0.3, 0.4) is 0 Å². The Hall–Kier alpha value is -0.770. The highest BCUT2D eigenvalue weighted by atomic mass is 35.5. The number of nitrogens with zero attached hydrogens (tertiary/aromatic N) is 1. The molecule has 2 aromatic carbocycles. The van der Waals surface area contributed by atoms with Gasteiger partial charge < -0.3 is 10.0 Å². The molecule has 5 heteroatoms. The lowest BCUT2D eigenvalue weighted by atomic mass is 9.76. The zero-order chi connectivity index (χ0) is 17.7. The normalized spacial score (nSPS) is 12.8. The lowest BCUT2D eigenvalue weighted by Gasteiger charge is -2.38. The maximum absolute atomic E-state index is 11.7. The second-order valence-corrected chi connectivity index (χ2v) is 7.04. The van der Waals surface area contributed by atoms with E-state index in [1.165, 1.54) is 0 Å². The van der Waals surface area contributed by atoms with Gasteiger partial charge in [-0.05, 0) is 48.5 Å². The minimum absolute atomic E-state index is 0. The molecule has 0 aliphatic rings. The molecule has 0 saturated heterocycles. The molecular formula is C20H26Cl3NO. The first-order valence-corrected chi connectivity index (χ1v) is 9.14. The molecule has 2 nitrogen and oxygen atoms in total. The van der Waals surface area contributed by atoms with Crippen LogP contribution in [0.15, 0.2) is 48.5 Å². The van der Waals surface area contributed by atoms with Gasteiger partial charge in [-0.25, -0.2) is 0 Å². The molecule has 1 unspecified atom stereocenters. The molecule has 0 radical (unpaired) electrons. The number of halogens is 3. The summed E-state index contributed by atoms with van der Waals surface area (Å²) in [6.45, 7) is 9.08. The smallest absolute Gasteiger partial charge is 0.118 e. The Balaban J connectivity index is 0.00000312. The molecule has 0 heterocycles. The number of hydrogen-bond donors (Lipinski definition) is 1. The fraction of sp³-hybridized carbons (Fsp3) is 0.400. The minimum Gasteiger partial charge on any atom is -0.380 e. The average molecular weight is 403 g/mol. The molecule has 2 rings (SSSR count). The molecule has 0 aromatic heterocycles. The molecule has 0 saturated carbocycles. The van der Waals surface area contributed by atoms with Crippen LogP contribution in [0.5, 0.6) is 0 Å². The van der Waals surface area contributed by atoms with Gasteiger partial charge in [-0.1, -0.05) is 68.2 Å². The van der Waals surface area contributed by atoms with Crippen LogP contribution in [0.1, 0.15) is 31.9 Å². The Kier molecular flexibility index (Phi) is 8.73. The van der Waals surface area contributed by atoms with Crippen LogP contribution in [0.4, 0.5) is 0 Å². The van der Waals surface area contributed by atoms with Crippen LogP contribution >= 0.6 is 35.6 Å². The molecule has 0 aliphatic heterocycles. The number of hydrogen-bond acceptors (Lipinski definition) is 2. The molecule has 0 bridgehead atoms. The van der Waals surface area contributed by atoms with E-state index in [1.54, 1.807) is 0 Å². The van der Waals surface area contributed by atoms with Gasteiger partial charge in [0.25, 0.3) is 0 Å². The topological polar surface area (TPSA) is 23.5 Å². The molecule has 0 fully saturated rings. The van der Waals surface area contributed by atoms with Crippen LogP contribution in [0.25, 0.3) is 0 Å². The van der Waals surface area contributed by atoms with E-state index in [4.69, 9.17) is 23.2 Å². The van der Waals surface area contributed by atoms with Gasteiger partial charge in [0.1, 0.15) is 5.60 Å². The van der Waals surface area contributed by atoms with Crippen molar-refractivity contribution in [2.75, 3.05) is 19.6 Å². The van der Waals surface area contributed by atoms with E-state index in [9.17, 15) is 5.11 Å². The van der Waals surface area contributed by atoms with Crippen molar-refractivity contribution < 1.29 is 5.11 Å². The van der Waals surface area contributed by atoms with Gasteiger partial charge in [-0.3, -0.25) is 0 Å². The van der Waals surface area contributed by atoms with Crippen molar-refractivity contribution in [3.63, 3.8) is 0 Å². The van der Waals surface area contributed by atoms with Crippen molar-refractivity contribution in [3.8, 4) is 0 Å². The maximum atomic E-state index is 11.7. The van der Waals surface area contributed by atoms with E-state index < -0.39 is 5.60 Å². The summed E-state index contributed by atoms with van der Waals surface area (Å²) in [6, 6.07) is 14.9. The average Bonchev–Trinajstić information content (AvgIpc) is 2.60. The maximum Gasteiger partial charge on any atom is 0.118 e. The Bertz CT molecular complexity index is 593. The van der Waals surface area contributed by atoms with Crippen LogP contribution in [0.2, 0.25) is 10.0 Å². The third-order valence-corrected chi connectivity index (χ3v) is 5.21. The Morgan fingerprint density at radius 3 is 1.56 bits per heavy atom. The highest BCUT2D eigenvalue weighted by molar-refractivity contribution is 6.30. The van der Waals surface area contributed by atoms with Crippen LogP contribution in [-0.4, -0.2) is 29.6 Å². The van der Waals surface area contributed by atoms with E-state index >= 15 is 0 Å². The molecule has 1 N–H and O–H groups in total. The summed E-state index contributed by atoms with van der Waals surface area (Å²) >= 11 is 12.1. The summed E-state index contributed by atoms with van der Waals surface area (Å²) in [5, 5.41) is 13.1. The first-order chi connectivity index (χ1) is 11.4. The van der Waals surface area contributed by atoms with Crippen LogP contribution in [0, 0.1) is 5.92 Å². The van der Waals surface area contributed by atoms with Gasteiger partial charge in [0.05, 0.1) is 0 Å². The molecule has 25 heavy (non-hydrogen) atoms. The molecule has 138 valence electrons. The second-order valence-electron chi connectivity index (χ2n) is 6.17. The zero-order valence-corrected chi connectivity index (χ0v) is 17.2. The van der Waals surface area contributed by atoms with Gasteiger partial charge >= 0.3 is 0 Å². The first kappa shape index (κ1) is 22.3. The minimum atomic E-state index is -1.10. The largest absolute Gasteiger partial charge is 0.380 e. The van der Waals surface area contributed by atoms with Crippen molar-refractivity contribution in [2.24, 2.45) is 5.92 Å². The monoisotopic (exact) mass is 401 g/mol. The van der Waals surface area contributed by atoms with E-state index in [0.29, 0.717) is 10.0 Å². The quantitative estimate of drug-likeness (QED) is 0.649. The van der Waals surface area contributed by atoms with E-state index in [1.807, 2.05) is 48.5 Å². The number of benzene rings is 2. The van der Waals surface area contributed by atoms with Gasteiger partial charge in [-0.15, -0.1) is 12.4 Å². The Labute approximate surface area is 167 Å². The fourth-order valence-electron chi connectivity index (χ4n) is 3.14. The first-order valence-electron chi connectivity index (χ1n) is 8.38. The third kappa shape index (κ3) is 5.12. The predicted molar refractivity (Wildman–Crippen MR) is 110 cm³/mol. The molecule has 1 atom stereocenters. The summed E-state index contributed by atoms with van der Waals surface area (Å²) in [6.07, 6.45) is 0. The fourth-order valence-corrected chi connectivity index (χ4v) is 3.40. The SMILES string of the molecule is CCN(CC)CC(C)C(O)(c1ccc(Cl)cc1)c1ccc(Cl)cc1.Cl. The van der Waals surface area contributed by atoms with Gasteiger partial charge in [-0.2, -0.15) is 0 Å². The molecular weight excluding hydrogens is 377 g/mol. The Morgan fingerprint density at radius 1 is 0.880 bits per heavy atom. The van der Waals surface area contributed by atoms with E-state index in [2.05, 4.69) is 25.7 Å². The molecule has 0 amide bonds. The predicted octanol–water partition coefficient (Wildman–Crippen LogP) is 5.63. The molecule has 2 aromatic rings. The van der Waals surface area contributed by atoms with Gasteiger partial charge in [0, 0.05) is 22.5 Å². The van der Waals surface area contributed by atoms with Crippen molar-refractivity contribution in [3.05, 3.63) is 69.7 Å². The molecule has 0 aliphatic carbocycles. The van der Waals surface area contributed by atoms with Crippen molar-refractivity contribution in [2.45, 2.75) is 26.4 Å². The summed E-state index contributed by atoms with van der Waals surface area (Å²) < 4.78 is 0. The zero-order valence-electron chi connectivity index (χ0n) is 14.9. The third-order valence-electron chi connectivity index (χ3n) is 4.71. The summed E-state index contributed by atoms with van der Waals surface area (Å²) in [7, 11) is 0. The number of aliphatic hydroxyl groups is 1. The summed E-state index contributed by atoms with van der Waals surface area (Å²) in [4.78, 5) is 2.32. The summed E-state index contributed by atoms with van der Waals surface area (Å²) in [5.74, 6) is -0.000231. The van der Waals surface area contributed by atoms with E-state index in [-0.39, 0.29) is 18.3 Å². The van der Waals surface area contributed by atoms with Crippen molar-refractivity contribution in [1.29, 1.82) is 0 Å². The molecule has 0 spiro atoms. The van der Waals surface area contributed by atoms with Crippen LogP contribution < -0.4 is 0 Å². The lowest BCUT2D eigenvalue weighted by Crippen LogP contribution is -2.42. The highest BCUT2D eigenvalue weighted by Gasteiger charge is 2.38. The van der Waals surface area contributed by atoms with Gasteiger partial charge in [0.15, 0.2) is 0 Å². The lowest BCUT2D eigenvalue weighted by molar-refractivity contribution is 0.00871. The van der Waals surface area contributed by atoms with Crippen molar-refractivity contribution >= 4 is 35.6 Å². The van der Waals surface area contributed by atoms with Gasteiger partial charge in [0.2, 0.25) is 0 Å². The van der Waals surface area contributed by atoms with Crippen LogP contribution in [-0.2, 0) is 5.60 Å². The summed E-state index contributed by atoms with van der Waals surface area (Å²) in [5.41, 5.74) is 0.584. The van der Waals surface area contributed by atoms with E-state index in [0.717, 1.165) is 30.8 Å². The van der Waals surface area contributed by atoms with Crippen molar-refractivity contribution in [1.82, 2.24) is 4.90 Å². The Morgan fingerprint density at radius 2 is 1.24 bits per heavy atom.